The summed E-state index contributed by atoms with van der Waals surface area (Å²) in [7, 11) is 0. The Balaban J connectivity index is 1.19. The van der Waals surface area contributed by atoms with Crippen molar-refractivity contribution in [2.75, 3.05) is 74.6 Å². The number of hydrogen-bond donors (Lipinski definition) is 2. The maximum Gasteiger partial charge on any atom is 0.226 e. The Bertz CT molecular complexity index is 1340. The van der Waals surface area contributed by atoms with E-state index in [1.807, 2.05) is 14.4 Å². The van der Waals surface area contributed by atoms with Crippen LogP contribution in [-0.4, -0.2) is 100 Å². The molecule has 12 heteroatoms. The van der Waals surface area contributed by atoms with E-state index in [1.165, 1.54) is 5.69 Å². The molecule has 3 aromatic rings. The summed E-state index contributed by atoms with van der Waals surface area (Å²) in [5, 5.41) is 6.80. The molecule has 0 saturated carbocycles. The summed E-state index contributed by atoms with van der Waals surface area (Å²) in [5.41, 5.74) is 3.47. The Labute approximate surface area is 233 Å². The third-order valence-corrected chi connectivity index (χ3v) is 7.81. The van der Waals surface area contributed by atoms with E-state index in [0.29, 0.717) is 55.4 Å². The summed E-state index contributed by atoms with van der Waals surface area (Å²) in [6.45, 7) is 7.56. The van der Waals surface area contributed by atoms with Crippen LogP contribution in [0.3, 0.4) is 0 Å². The second-order valence-corrected chi connectivity index (χ2v) is 10.5. The summed E-state index contributed by atoms with van der Waals surface area (Å²) in [5.74, 6) is 1.58. The second kappa shape index (κ2) is 12.1. The molecule has 0 atom stereocenters. The van der Waals surface area contributed by atoms with E-state index in [1.54, 1.807) is 6.33 Å². The Morgan fingerprint density at radius 3 is 2.27 bits per heavy atom. The van der Waals surface area contributed by atoms with Crippen molar-refractivity contribution in [2.45, 2.75) is 38.6 Å². The Morgan fingerprint density at radius 1 is 0.850 bits per heavy atom. The molecule has 0 spiro atoms. The van der Waals surface area contributed by atoms with E-state index >= 15 is 0 Å². The van der Waals surface area contributed by atoms with E-state index in [9.17, 15) is 9.59 Å². The molecule has 0 bridgehead atoms. The maximum absolute atomic E-state index is 12.1. The van der Waals surface area contributed by atoms with Crippen molar-refractivity contribution in [3.63, 3.8) is 0 Å². The Hall–Kier alpha value is -3.93. The number of benzene rings is 1. The van der Waals surface area contributed by atoms with Crippen LogP contribution in [0.2, 0.25) is 0 Å². The molecule has 0 radical (unpaired) electrons. The zero-order valence-electron chi connectivity index (χ0n) is 22.8. The molecule has 3 aliphatic rings. The fourth-order valence-electron chi connectivity index (χ4n) is 5.57. The molecule has 212 valence electrons. The minimum atomic E-state index is 0.209. The van der Waals surface area contributed by atoms with E-state index < -0.39 is 0 Å². The predicted molar refractivity (Wildman–Crippen MR) is 153 cm³/mol. The largest absolute Gasteiger partial charge is 0.378 e. The average molecular weight is 548 g/mol. The summed E-state index contributed by atoms with van der Waals surface area (Å²) >= 11 is 0. The molecule has 0 aliphatic carbocycles. The van der Waals surface area contributed by atoms with E-state index in [2.05, 4.69) is 44.8 Å². The van der Waals surface area contributed by atoms with Crippen molar-refractivity contribution >= 4 is 46.1 Å². The number of aromatic nitrogens is 4. The molecule has 3 fully saturated rings. The number of morpholine rings is 1. The van der Waals surface area contributed by atoms with Gasteiger partial charge in [0.1, 0.15) is 0 Å². The first-order valence-electron chi connectivity index (χ1n) is 14.4. The number of amides is 2. The molecule has 3 aliphatic heterocycles. The van der Waals surface area contributed by atoms with Crippen molar-refractivity contribution in [3.8, 4) is 0 Å². The number of anilines is 4. The molecule has 3 saturated heterocycles. The number of carbonyl (C=O) groups excluding carboxylic acids is 2. The Morgan fingerprint density at radius 2 is 1.57 bits per heavy atom. The lowest BCUT2D eigenvalue weighted by Crippen LogP contribution is -2.36. The zero-order valence-corrected chi connectivity index (χ0v) is 22.8. The van der Waals surface area contributed by atoms with E-state index in [4.69, 9.17) is 14.7 Å². The lowest BCUT2D eigenvalue weighted by Gasteiger charge is -2.28. The quantitative estimate of drug-likeness (QED) is 0.349. The van der Waals surface area contributed by atoms with Crippen LogP contribution in [0.1, 0.15) is 32.1 Å². The van der Waals surface area contributed by atoms with Crippen LogP contribution in [0.25, 0.3) is 11.2 Å². The molecule has 0 unspecified atom stereocenters. The number of hydrogen-bond acceptors (Lipinski definition) is 9. The fraction of sp³-hybridized carbons (Fsp3) is 0.536. The second-order valence-electron chi connectivity index (χ2n) is 10.5. The van der Waals surface area contributed by atoms with Crippen LogP contribution < -0.4 is 15.5 Å². The molecular weight excluding hydrogens is 510 g/mol. The number of ether oxygens (including phenoxy) is 1. The minimum Gasteiger partial charge on any atom is -0.378 e. The average Bonchev–Trinajstić information content (AvgIpc) is 3.71. The van der Waals surface area contributed by atoms with Gasteiger partial charge in [0.25, 0.3) is 0 Å². The van der Waals surface area contributed by atoms with E-state index in [-0.39, 0.29) is 11.8 Å². The molecule has 40 heavy (non-hydrogen) atoms. The van der Waals surface area contributed by atoms with Crippen LogP contribution in [0.15, 0.2) is 30.6 Å². The van der Waals surface area contributed by atoms with Crippen LogP contribution in [0, 0.1) is 0 Å². The number of imidazole rings is 1. The third kappa shape index (κ3) is 5.96. The number of nitrogens with zero attached hydrogens (tertiary/aromatic N) is 7. The minimum absolute atomic E-state index is 0.209. The highest BCUT2D eigenvalue weighted by Gasteiger charge is 2.21. The summed E-state index contributed by atoms with van der Waals surface area (Å²) in [4.78, 5) is 44.4. The van der Waals surface area contributed by atoms with Crippen LogP contribution in [0.4, 0.5) is 23.1 Å². The van der Waals surface area contributed by atoms with Gasteiger partial charge in [-0.1, -0.05) is 0 Å². The molecule has 6 rings (SSSR count). The van der Waals surface area contributed by atoms with Crippen molar-refractivity contribution < 1.29 is 14.3 Å². The molecule has 2 aromatic heterocycles. The van der Waals surface area contributed by atoms with Crippen LogP contribution in [-0.2, 0) is 20.9 Å². The zero-order chi connectivity index (χ0) is 27.3. The van der Waals surface area contributed by atoms with Gasteiger partial charge in [-0.3, -0.25) is 9.59 Å². The number of rotatable bonds is 11. The smallest absolute Gasteiger partial charge is 0.226 e. The third-order valence-electron chi connectivity index (χ3n) is 7.81. The van der Waals surface area contributed by atoms with Gasteiger partial charge in [-0.15, -0.1) is 0 Å². The highest BCUT2D eigenvalue weighted by atomic mass is 16.5. The Kier molecular flexibility index (Phi) is 7.94. The van der Waals surface area contributed by atoms with Gasteiger partial charge in [0.2, 0.25) is 17.8 Å². The predicted octanol–water partition coefficient (Wildman–Crippen LogP) is 2.45. The maximum atomic E-state index is 12.1. The number of fused-ring (bicyclic) bond motifs is 1. The van der Waals surface area contributed by atoms with Crippen molar-refractivity contribution in [3.05, 3.63) is 30.6 Å². The summed E-state index contributed by atoms with van der Waals surface area (Å²) in [6.07, 6.45) is 5.73. The SMILES string of the molecule is O=C1CCCN1CCCNc1nc(Nc2ccc(N3CCOCC3)cc2)c2ncn(CCN3CCCC3=O)c2n1. The van der Waals surface area contributed by atoms with Gasteiger partial charge in [0.15, 0.2) is 17.0 Å². The molecule has 1 aromatic carbocycles. The van der Waals surface area contributed by atoms with Crippen molar-refractivity contribution in [1.29, 1.82) is 0 Å². The van der Waals surface area contributed by atoms with Gasteiger partial charge < -0.3 is 34.6 Å². The molecular formula is C28H37N9O3. The van der Waals surface area contributed by atoms with Gasteiger partial charge in [-0.2, -0.15) is 9.97 Å². The highest BCUT2D eigenvalue weighted by molar-refractivity contribution is 5.86. The van der Waals surface area contributed by atoms with Crippen LogP contribution >= 0.6 is 0 Å². The normalized spacial score (nSPS) is 17.9. The topological polar surface area (TPSA) is 121 Å². The van der Waals surface area contributed by atoms with Gasteiger partial charge >= 0.3 is 0 Å². The first-order chi connectivity index (χ1) is 19.6. The molecule has 5 heterocycles. The first-order valence-corrected chi connectivity index (χ1v) is 14.4. The van der Waals surface area contributed by atoms with Gasteiger partial charge in [-0.25, -0.2) is 4.98 Å². The number of likely N-dealkylation sites (tertiary alicyclic amines) is 2. The van der Waals surface area contributed by atoms with Gasteiger partial charge in [0.05, 0.1) is 19.5 Å². The van der Waals surface area contributed by atoms with Gasteiger partial charge in [-0.05, 0) is 43.5 Å². The highest BCUT2D eigenvalue weighted by Crippen LogP contribution is 2.26. The summed E-state index contributed by atoms with van der Waals surface area (Å²) < 4.78 is 7.46. The lowest BCUT2D eigenvalue weighted by molar-refractivity contribution is -0.128. The molecule has 12 nitrogen and oxygen atoms in total. The van der Waals surface area contributed by atoms with E-state index in [0.717, 1.165) is 70.9 Å². The molecule has 2 N–H and O–H groups in total. The monoisotopic (exact) mass is 547 g/mol. The van der Waals surface area contributed by atoms with Crippen molar-refractivity contribution in [1.82, 2.24) is 29.3 Å². The fourth-order valence-corrected chi connectivity index (χ4v) is 5.57. The molecule has 2 amide bonds. The van der Waals surface area contributed by atoms with Gasteiger partial charge in [0, 0.05) is 76.6 Å². The first kappa shape index (κ1) is 26.3. The lowest BCUT2D eigenvalue weighted by atomic mass is 10.2. The summed E-state index contributed by atoms with van der Waals surface area (Å²) in [6, 6.07) is 8.32. The van der Waals surface area contributed by atoms with Crippen LogP contribution in [0.5, 0.6) is 0 Å². The number of nitrogens with one attached hydrogen (secondary N) is 2. The number of carbonyl (C=O) groups is 2. The van der Waals surface area contributed by atoms with Crippen molar-refractivity contribution in [2.24, 2.45) is 0 Å². The standard InChI is InChI=1S/C28H37N9O3/c38-23-4-1-11-35(23)13-3-10-29-28-32-26(31-21-6-8-22(9-7-21)34-16-18-40-19-17-34)25-27(33-28)37(20-30-25)15-14-36-12-2-5-24(36)39/h6-9,20H,1-5,10-19H2,(H2,29,31,32,33).